The normalized spacial score (nSPS) is 14.4. The van der Waals surface area contributed by atoms with Crippen LogP contribution in [0.15, 0.2) is 77.8 Å². The molecule has 160 valence electrons. The number of hydrogen-bond acceptors (Lipinski definition) is 5. The lowest BCUT2D eigenvalue weighted by molar-refractivity contribution is 0.653. The van der Waals surface area contributed by atoms with Crippen LogP contribution >= 0.6 is 11.6 Å². The predicted molar refractivity (Wildman–Crippen MR) is 133 cm³/mol. The molecule has 0 aliphatic carbocycles. The maximum absolute atomic E-state index is 6.25. The Hall–Kier alpha value is -3.64. The van der Waals surface area contributed by atoms with Crippen molar-refractivity contribution in [2.75, 3.05) is 36.0 Å². The van der Waals surface area contributed by atoms with E-state index in [1.165, 1.54) is 17.7 Å². The van der Waals surface area contributed by atoms with Crippen molar-refractivity contribution in [1.82, 2.24) is 9.97 Å². The highest BCUT2D eigenvalue weighted by molar-refractivity contribution is 6.31. The lowest BCUT2D eigenvalue weighted by atomic mass is 10.1. The molecule has 0 saturated carbocycles. The molecular weight excluding hydrogens is 420 g/mol. The molecular formula is C25H23ClN6. The van der Waals surface area contributed by atoms with Gasteiger partial charge in [-0.1, -0.05) is 41.9 Å². The van der Waals surface area contributed by atoms with Crippen molar-refractivity contribution in [1.29, 1.82) is 0 Å². The summed E-state index contributed by atoms with van der Waals surface area (Å²) in [5, 5.41) is 1.53. The van der Waals surface area contributed by atoms with Crippen LogP contribution in [0.4, 0.5) is 17.3 Å². The van der Waals surface area contributed by atoms with E-state index in [0.29, 0.717) is 11.0 Å². The van der Waals surface area contributed by atoms with E-state index in [2.05, 4.69) is 79.4 Å². The number of fused-ring (bicyclic) bond motifs is 1. The van der Waals surface area contributed by atoms with Crippen molar-refractivity contribution < 1.29 is 0 Å². The van der Waals surface area contributed by atoms with Crippen molar-refractivity contribution in [3.8, 4) is 11.3 Å². The van der Waals surface area contributed by atoms with E-state index in [0.717, 1.165) is 48.3 Å². The largest absolute Gasteiger partial charge is 0.390 e. The first-order chi connectivity index (χ1) is 15.7. The molecule has 1 saturated heterocycles. The molecule has 0 atom stereocenters. The summed E-state index contributed by atoms with van der Waals surface area (Å²) in [5.41, 5.74) is 10.5. The Bertz CT molecular complexity index is 1250. The average Bonchev–Trinajstić information content (AvgIpc) is 2.85. The molecule has 1 fully saturated rings. The van der Waals surface area contributed by atoms with Crippen LogP contribution in [0.5, 0.6) is 0 Å². The fourth-order valence-corrected chi connectivity index (χ4v) is 4.30. The van der Waals surface area contributed by atoms with Crippen molar-refractivity contribution in [2.45, 2.75) is 0 Å². The summed E-state index contributed by atoms with van der Waals surface area (Å²) in [6, 6.07) is 24.7. The van der Waals surface area contributed by atoms with E-state index in [-0.39, 0.29) is 0 Å². The number of benzene rings is 3. The lowest BCUT2D eigenvalue weighted by Crippen LogP contribution is -2.46. The number of aromatic nitrogens is 2. The summed E-state index contributed by atoms with van der Waals surface area (Å²) < 4.78 is 0. The molecule has 7 heteroatoms. The van der Waals surface area contributed by atoms with Crippen LogP contribution in [0.2, 0.25) is 5.02 Å². The van der Waals surface area contributed by atoms with Crippen LogP contribution in [0.3, 0.4) is 0 Å². The first-order valence-corrected chi connectivity index (χ1v) is 11.0. The van der Waals surface area contributed by atoms with Gasteiger partial charge in [0, 0.05) is 53.5 Å². The molecule has 2 N–H and O–H groups in total. The summed E-state index contributed by atoms with van der Waals surface area (Å²) in [6.45, 7) is 3.97. The van der Waals surface area contributed by atoms with E-state index in [4.69, 9.17) is 17.3 Å². The van der Waals surface area contributed by atoms with Gasteiger partial charge in [-0.15, -0.1) is 0 Å². The van der Waals surface area contributed by atoms with E-state index in [1.54, 1.807) is 0 Å². The second-order valence-corrected chi connectivity index (χ2v) is 8.10. The molecule has 1 aromatic heterocycles. The quantitative estimate of drug-likeness (QED) is 0.359. The Balaban J connectivity index is 1.39. The fraction of sp³-hybridized carbons (Fsp3) is 0.160. The van der Waals surface area contributed by atoms with E-state index in [9.17, 15) is 0 Å². The zero-order valence-corrected chi connectivity index (χ0v) is 18.3. The molecule has 0 spiro atoms. The van der Waals surface area contributed by atoms with Gasteiger partial charge in [0.15, 0.2) is 0 Å². The third-order valence-electron chi connectivity index (χ3n) is 5.74. The highest BCUT2D eigenvalue weighted by atomic mass is 35.5. The minimum absolute atomic E-state index is 0.332. The number of anilines is 2. The zero-order chi connectivity index (χ0) is 21.9. The summed E-state index contributed by atoms with van der Waals surface area (Å²) in [6.07, 6.45) is 1.21. The highest BCUT2D eigenvalue weighted by Crippen LogP contribution is 2.31. The molecule has 4 aromatic rings. The summed E-state index contributed by atoms with van der Waals surface area (Å²) >= 11 is 6.25. The second-order valence-electron chi connectivity index (χ2n) is 7.67. The van der Waals surface area contributed by atoms with Crippen molar-refractivity contribution in [2.24, 2.45) is 10.7 Å². The lowest BCUT2D eigenvalue weighted by Gasteiger charge is -2.37. The molecule has 6 nitrogen and oxygen atoms in total. The van der Waals surface area contributed by atoms with Crippen molar-refractivity contribution in [3.63, 3.8) is 0 Å². The molecule has 0 bridgehead atoms. The Labute approximate surface area is 192 Å². The third kappa shape index (κ3) is 4.09. The molecule has 3 aromatic carbocycles. The minimum Gasteiger partial charge on any atom is -0.390 e. The van der Waals surface area contributed by atoms with E-state index in [1.807, 2.05) is 18.2 Å². The van der Waals surface area contributed by atoms with E-state index < -0.39 is 0 Å². The van der Waals surface area contributed by atoms with Gasteiger partial charge in [0.2, 0.25) is 0 Å². The van der Waals surface area contributed by atoms with Gasteiger partial charge in [0.05, 0.1) is 17.5 Å². The molecule has 32 heavy (non-hydrogen) atoms. The van der Waals surface area contributed by atoms with Gasteiger partial charge < -0.3 is 15.5 Å². The zero-order valence-electron chi connectivity index (χ0n) is 17.5. The van der Waals surface area contributed by atoms with Crippen molar-refractivity contribution in [3.05, 3.63) is 77.8 Å². The Morgan fingerprint density at radius 2 is 1.47 bits per heavy atom. The standard InChI is InChI=1S/C25H23ClN6/c26-19-8-11-23-22(16-19)24(30-25(29-23)28-17-27)18-6-9-21(10-7-18)32-14-12-31(13-15-32)20-4-2-1-3-5-20/h1-11,16-17H,12-15H2,(H2,27,28,29,30). The minimum atomic E-state index is 0.332. The van der Waals surface area contributed by atoms with Crippen LogP contribution < -0.4 is 15.5 Å². The first kappa shape index (κ1) is 20.3. The van der Waals surface area contributed by atoms with Crippen LogP contribution in [-0.4, -0.2) is 42.5 Å². The first-order valence-electron chi connectivity index (χ1n) is 10.6. The maximum atomic E-state index is 6.25. The van der Waals surface area contributed by atoms with Crippen LogP contribution in [0.1, 0.15) is 0 Å². The summed E-state index contributed by atoms with van der Waals surface area (Å²) in [4.78, 5) is 18.0. The van der Waals surface area contributed by atoms with Crippen LogP contribution in [0, 0.1) is 0 Å². The number of rotatable bonds is 4. The van der Waals surface area contributed by atoms with Crippen LogP contribution in [-0.2, 0) is 0 Å². The SMILES string of the molecule is N/C=N/c1nc(-c2ccc(N3CCN(c4ccccc4)CC3)cc2)c2cc(Cl)ccc2n1. The molecule has 5 rings (SSSR count). The molecule has 0 radical (unpaired) electrons. The van der Waals surface area contributed by atoms with Gasteiger partial charge in [-0.05, 0) is 42.5 Å². The van der Waals surface area contributed by atoms with Gasteiger partial charge in [-0.25, -0.2) is 15.0 Å². The molecule has 0 amide bonds. The smallest absolute Gasteiger partial charge is 0.251 e. The topological polar surface area (TPSA) is 70.6 Å². The third-order valence-corrected chi connectivity index (χ3v) is 5.98. The van der Waals surface area contributed by atoms with E-state index >= 15 is 0 Å². The molecule has 1 aliphatic heterocycles. The second kappa shape index (κ2) is 8.85. The Kier molecular flexibility index (Phi) is 5.60. The predicted octanol–water partition coefficient (Wildman–Crippen LogP) is 4.90. The Morgan fingerprint density at radius 3 is 2.12 bits per heavy atom. The maximum Gasteiger partial charge on any atom is 0.251 e. The monoisotopic (exact) mass is 442 g/mol. The Morgan fingerprint density at radius 1 is 0.812 bits per heavy atom. The number of hydrogen-bond donors (Lipinski definition) is 1. The van der Waals surface area contributed by atoms with Gasteiger partial charge >= 0.3 is 0 Å². The highest BCUT2D eigenvalue weighted by Gasteiger charge is 2.18. The summed E-state index contributed by atoms with van der Waals surface area (Å²) in [5.74, 6) is 0.332. The number of nitrogens with zero attached hydrogens (tertiary/aromatic N) is 5. The van der Waals surface area contributed by atoms with Gasteiger partial charge in [0.25, 0.3) is 5.95 Å². The fourth-order valence-electron chi connectivity index (χ4n) is 4.12. The average molecular weight is 443 g/mol. The van der Waals surface area contributed by atoms with Crippen LogP contribution in [0.25, 0.3) is 22.2 Å². The van der Waals surface area contributed by atoms with Gasteiger partial charge in [-0.3, -0.25) is 0 Å². The van der Waals surface area contributed by atoms with Gasteiger partial charge in [-0.2, -0.15) is 0 Å². The molecule has 2 heterocycles. The number of piperazine rings is 1. The number of aliphatic imine (C=N–C) groups is 1. The number of nitrogens with two attached hydrogens (primary N) is 1. The summed E-state index contributed by atoms with van der Waals surface area (Å²) in [7, 11) is 0. The molecule has 0 unspecified atom stereocenters. The number of halogens is 1. The number of para-hydroxylation sites is 1. The van der Waals surface area contributed by atoms with Gasteiger partial charge in [0.1, 0.15) is 0 Å². The van der Waals surface area contributed by atoms with Crippen molar-refractivity contribution >= 4 is 46.2 Å². The molecule has 1 aliphatic rings.